The van der Waals surface area contributed by atoms with E-state index in [2.05, 4.69) is 16.0 Å². The smallest absolute Gasteiger partial charge is 0.411 e. The van der Waals surface area contributed by atoms with Crippen molar-refractivity contribution in [3.8, 4) is 0 Å². The molecular formula is C30H30N6O9. The molecule has 4 rings (SSSR count). The second kappa shape index (κ2) is 15.9. The molecule has 234 valence electrons. The van der Waals surface area contributed by atoms with Gasteiger partial charge in [0.1, 0.15) is 19.8 Å². The first-order chi connectivity index (χ1) is 21.8. The van der Waals surface area contributed by atoms with Gasteiger partial charge in [-0.3, -0.25) is 16.0 Å². The Morgan fingerprint density at radius 2 is 0.689 bits per heavy atom. The van der Waals surface area contributed by atoms with Gasteiger partial charge < -0.3 is 14.2 Å². The average Bonchev–Trinajstić information content (AvgIpc) is 3.03. The minimum absolute atomic E-state index is 0.391. The van der Waals surface area contributed by atoms with E-state index in [4.69, 9.17) is 14.2 Å². The molecule has 3 N–H and O–H groups in total. The molecule has 1 aromatic heterocycles. The van der Waals surface area contributed by atoms with Crippen molar-refractivity contribution < 1.29 is 28.6 Å². The summed E-state index contributed by atoms with van der Waals surface area (Å²) in [5.41, 5.74) is -1.61. The number of aromatic nitrogens is 3. The molecule has 0 unspecified atom stereocenters. The van der Waals surface area contributed by atoms with E-state index in [1.54, 1.807) is 91.0 Å². The lowest BCUT2D eigenvalue weighted by atomic mass is 10.3. The van der Waals surface area contributed by atoms with Crippen LogP contribution >= 0.6 is 0 Å². The molecule has 4 aromatic rings. The largest absolute Gasteiger partial charge is 0.447 e. The quantitative estimate of drug-likeness (QED) is 0.201. The Morgan fingerprint density at radius 3 is 0.933 bits per heavy atom. The molecule has 0 saturated heterocycles. The van der Waals surface area contributed by atoms with Crippen LogP contribution in [0.5, 0.6) is 0 Å². The number of carbonyl (C=O) groups excluding carboxylic acids is 3. The van der Waals surface area contributed by atoms with Gasteiger partial charge in [0.05, 0.1) is 19.6 Å². The van der Waals surface area contributed by atoms with Crippen molar-refractivity contribution in [1.82, 2.24) is 13.7 Å². The topological polar surface area (TPSA) is 181 Å². The van der Waals surface area contributed by atoms with Crippen LogP contribution in [-0.4, -0.2) is 51.8 Å². The van der Waals surface area contributed by atoms with Gasteiger partial charge in [-0.2, -0.15) is 0 Å². The van der Waals surface area contributed by atoms with Gasteiger partial charge >= 0.3 is 35.3 Å². The summed E-state index contributed by atoms with van der Waals surface area (Å²) in [5.74, 6) is 0. The highest BCUT2D eigenvalue weighted by Gasteiger charge is 2.17. The van der Waals surface area contributed by atoms with E-state index < -0.39 is 74.8 Å². The number of nitrogens with one attached hydrogen (secondary N) is 3. The van der Waals surface area contributed by atoms with Crippen molar-refractivity contribution in [2.24, 2.45) is 0 Å². The molecule has 0 spiro atoms. The Kier molecular flexibility index (Phi) is 11.3. The van der Waals surface area contributed by atoms with Gasteiger partial charge in [-0.25, -0.2) is 42.5 Å². The number of nitrogens with zero attached hydrogens (tertiary/aromatic N) is 3. The van der Waals surface area contributed by atoms with Crippen LogP contribution < -0.4 is 33.0 Å². The first-order valence-electron chi connectivity index (χ1n) is 13.7. The highest BCUT2D eigenvalue weighted by Crippen LogP contribution is 2.07. The maximum atomic E-state index is 13.2. The minimum atomic E-state index is -1.01. The standard InChI is InChI=1S/C30H30N6O9/c37-25(31-22-10-4-1-5-11-22)43-19-16-34-28(40)35(17-20-44-26(38)32-23-12-6-2-7-13-23)30(42)36(29(34)41)18-21-45-27(39)33-24-14-8-3-9-15-24/h1-15H,16-21H2,(H,31,37)(H,32,38)(H,33,39). The fourth-order valence-electron chi connectivity index (χ4n) is 3.97. The van der Waals surface area contributed by atoms with Crippen LogP contribution in [0.4, 0.5) is 31.4 Å². The Bertz CT molecular complexity index is 1530. The van der Waals surface area contributed by atoms with Crippen LogP contribution in [0.25, 0.3) is 0 Å². The second-order valence-corrected chi connectivity index (χ2v) is 9.18. The SMILES string of the molecule is O=C(Nc1ccccc1)OCCn1c(=O)n(CCOC(=O)Nc2ccccc2)c(=O)n(CCOC(=O)Nc2ccccc2)c1=O. The van der Waals surface area contributed by atoms with Crippen molar-refractivity contribution in [3.63, 3.8) is 0 Å². The van der Waals surface area contributed by atoms with Crippen LogP contribution in [0, 0.1) is 0 Å². The summed E-state index contributed by atoms with van der Waals surface area (Å²) >= 11 is 0. The number of carbonyl (C=O) groups is 3. The van der Waals surface area contributed by atoms with Crippen LogP contribution in [0.15, 0.2) is 105 Å². The third-order valence-electron chi connectivity index (χ3n) is 6.09. The van der Waals surface area contributed by atoms with Crippen LogP contribution in [0.3, 0.4) is 0 Å². The maximum absolute atomic E-state index is 13.2. The number of hydrogen-bond donors (Lipinski definition) is 3. The molecular weight excluding hydrogens is 588 g/mol. The van der Waals surface area contributed by atoms with Crippen LogP contribution in [-0.2, 0) is 33.8 Å². The highest BCUT2D eigenvalue weighted by atomic mass is 16.6. The van der Waals surface area contributed by atoms with Gasteiger partial charge in [0.2, 0.25) is 0 Å². The number of hydrogen-bond acceptors (Lipinski definition) is 9. The van der Waals surface area contributed by atoms with Crippen LogP contribution in [0.1, 0.15) is 0 Å². The summed E-state index contributed by atoms with van der Waals surface area (Å²) in [6.45, 7) is -2.37. The Morgan fingerprint density at radius 1 is 0.444 bits per heavy atom. The number of rotatable bonds is 12. The molecule has 15 nitrogen and oxygen atoms in total. The van der Waals surface area contributed by atoms with Crippen molar-refractivity contribution in [2.75, 3.05) is 35.8 Å². The van der Waals surface area contributed by atoms with Crippen molar-refractivity contribution in [3.05, 3.63) is 122 Å². The molecule has 3 amide bonds. The number of benzene rings is 3. The molecule has 0 bridgehead atoms. The van der Waals surface area contributed by atoms with E-state index in [1.165, 1.54) is 0 Å². The second-order valence-electron chi connectivity index (χ2n) is 9.18. The normalized spacial score (nSPS) is 10.4. The minimum Gasteiger partial charge on any atom is -0.447 e. The molecule has 1 heterocycles. The molecule has 3 aromatic carbocycles. The van der Waals surface area contributed by atoms with Gasteiger partial charge in [0.15, 0.2) is 0 Å². The summed E-state index contributed by atoms with van der Waals surface area (Å²) in [5, 5.41) is 7.52. The first kappa shape index (κ1) is 31.8. The highest BCUT2D eigenvalue weighted by molar-refractivity contribution is 5.85. The van der Waals surface area contributed by atoms with Crippen molar-refractivity contribution in [1.29, 1.82) is 0 Å². The Labute approximate surface area is 255 Å². The van der Waals surface area contributed by atoms with E-state index >= 15 is 0 Å². The number of anilines is 3. The zero-order valence-corrected chi connectivity index (χ0v) is 23.9. The molecule has 0 radical (unpaired) electrons. The van der Waals surface area contributed by atoms with E-state index in [9.17, 15) is 28.8 Å². The van der Waals surface area contributed by atoms with E-state index in [1.807, 2.05) is 0 Å². The summed E-state index contributed by atoms with van der Waals surface area (Å²) in [7, 11) is 0. The fraction of sp³-hybridized carbons (Fsp3) is 0.200. The van der Waals surface area contributed by atoms with Crippen LogP contribution in [0.2, 0.25) is 0 Å². The van der Waals surface area contributed by atoms with Crippen molar-refractivity contribution in [2.45, 2.75) is 19.6 Å². The van der Waals surface area contributed by atoms with E-state index in [0.29, 0.717) is 30.8 Å². The summed E-state index contributed by atoms with van der Waals surface area (Å²) in [6.07, 6.45) is -2.46. The Balaban J connectivity index is 1.45. The van der Waals surface area contributed by atoms with Gasteiger partial charge in [-0.05, 0) is 36.4 Å². The van der Waals surface area contributed by atoms with Gasteiger partial charge in [-0.1, -0.05) is 54.6 Å². The lowest BCUT2D eigenvalue weighted by Crippen LogP contribution is -2.55. The third-order valence-corrected chi connectivity index (χ3v) is 6.09. The van der Waals surface area contributed by atoms with E-state index in [-0.39, 0.29) is 0 Å². The van der Waals surface area contributed by atoms with E-state index in [0.717, 1.165) is 0 Å². The summed E-state index contributed by atoms with van der Waals surface area (Å²) in [4.78, 5) is 76.1. The lowest BCUT2D eigenvalue weighted by molar-refractivity contribution is 0.149. The van der Waals surface area contributed by atoms with Gasteiger partial charge in [0.25, 0.3) is 0 Å². The van der Waals surface area contributed by atoms with Gasteiger partial charge in [0, 0.05) is 17.1 Å². The zero-order chi connectivity index (χ0) is 32.0. The molecule has 0 fully saturated rings. The molecule has 0 aliphatic heterocycles. The summed E-state index contributed by atoms with van der Waals surface area (Å²) < 4.78 is 17.4. The average molecular weight is 619 g/mol. The number of amides is 3. The monoisotopic (exact) mass is 618 g/mol. The molecule has 45 heavy (non-hydrogen) atoms. The van der Waals surface area contributed by atoms with Gasteiger partial charge in [-0.15, -0.1) is 0 Å². The Hall–Kier alpha value is -6.12. The summed E-state index contributed by atoms with van der Waals surface area (Å²) in [6, 6.07) is 25.4. The zero-order valence-electron chi connectivity index (χ0n) is 23.9. The predicted octanol–water partition coefficient (Wildman–Crippen LogP) is 2.92. The molecule has 0 saturated carbocycles. The number of ether oxygens (including phenoxy) is 3. The third kappa shape index (κ3) is 9.44. The number of para-hydroxylation sites is 3. The lowest BCUT2D eigenvalue weighted by Gasteiger charge is -2.15. The fourth-order valence-corrected chi connectivity index (χ4v) is 3.97. The molecule has 0 atom stereocenters. The molecule has 0 aliphatic carbocycles. The predicted molar refractivity (Wildman–Crippen MR) is 163 cm³/mol. The maximum Gasteiger partial charge on any atom is 0.411 e. The molecule has 15 heteroatoms. The first-order valence-corrected chi connectivity index (χ1v) is 13.7. The van der Waals surface area contributed by atoms with Crippen molar-refractivity contribution >= 4 is 35.3 Å². The molecule has 0 aliphatic rings.